The summed E-state index contributed by atoms with van der Waals surface area (Å²) < 4.78 is 0. The van der Waals surface area contributed by atoms with Crippen molar-refractivity contribution in [2.24, 2.45) is 0 Å². The molecule has 33 heavy (non-hydrogen) atoms. The predicted octanol–water partition coefficient (Wildman–Crippen LogP) is 5.91. The number of amides is 1. The van der Waals surface area contributed by atoms with Gasteiger partial charge in [-0.15, -0.1) is 11.3 Å². The molecule has 2 N–H and O–H groups in total. The van der Waals surface area contributed by atoms with Crippen LogP contribution in [0.1, 0.15) is 37.7 Å². The molecule has 1 amide bonds. The third-order valence-electron chi connectivity index (χ3n) is 5.92. The van der Waals surface area contributed by atoms with Gasteiger partial charge in [0.05, 0.1) is 10.3 Å². The first-order valence-electron chi connectivity index (χ1n) is 10.8. The quantitative estimate of drug-likeness (QED) is 0.355. The number of carbonyl (C=O) groups excluding carboxylic acids is 1. The molecule has 5 nitrogen and oxygen atoms in total. The van der Waals surface area contributed by atoms with Crippen molar-refractivity contribution in [1.82, 2.24) is 9.97 Å². The van der Waals surface area contributed by atoms with Gasteiger partial charge in [-0.2, -0.15) is 0 Å². The number of nitrogens with one attached hydrogen (secondary N) is 2. The average Bonchev–Trinajstić information content (AvgIpc) is 3.13. The van der Waals surface area contributed by atoms with Crippen molar-refractivity contribution in [1.29, 1.82) is 0 Å². The summed E-state index contributed by atoms with van der Waals surface area (Å²) in [6, 6.07) is 20.2. The van der Waals surface area contributed by atoms with Gasteiger partial charge in [0.2, 0.25) is 0 Å². The van der Waals surface area contributed by atoms with Gasteiger partial charge in [0.15, 0.2) is 0 Å². The number of carbonyl (C=O) groups is 1. The first-order chi connectivity index (χ1) is 15.9. The summed E-state index contributed by atoms with van der Waals surface area (Å²) in [6.07, 6.45) is 0.508. The minimum absolute atomic E-state index is 0.213. The number of nitrogens with zero attached hydrogens (tertiary/aromatic N) is 1. The van der Waals surface area contributed by atoms with Crippen LogP contribution in [0, 0.1) is 20.8 Å². The highest BCUT2D eigenvalue weighted by atomic mass is 32.1. The lowest BCUT2D eigenvalue weighted by Crippen LogP contribution is -2.14. The molecule has 0 fully saturated rings. The van der Waals surface area contributed by atoms with Crippen LogP contribution in [-0.4, -0.2) is 15.9 Å². The van der Waals surface area contributed by atoms with Gasteiger partial charge in [0.25, 0.3) is 11.5 Å². The van der Waals surface area contributed by atoms with Crippen molar-refractivity contribution in [2.75, 3.05) is 5.32 Å². The van der Waals surface area contributed by atoms with Crippen LogP contribution >= 0.6 is 11.3 Å². The molecule has 0 unspecified atom stereocenters. The second-order valence-electron chi connectivity index (χ2n) is 8.34. The number of thiophene rings is 1. The Bertz CT molecular complexity index is 1590. The molecule has 0 saturated heterocycles. The maximum atomic E-state index is 13.0. The first-order valence-corrected chi connectivity index (χ1v) is 11.6. The molecular weight excluding hydrogens is 430 g/mol. The van der Waals surface area contributed by atoms with E-state index in [-0.39, 0.29) is 11.5 Å². The number of aromatic amines is 1. The minimum atomic E-state index is -0.225. The fourth-order valence-corrected chi connectivity index (χ4v) is 5.34. The number of H-pyrrole nitrogens is 1. The van der Waals surface area contributed by atoms with Crippen molar-refractivity contribution < 1.29 is 4.79 Å². The molecule has 0 aliphatic carbocycles. The van der Waals surface area contributed by atoms with E-state index in [4.69, 9.17) is 4.98 Å². The highest BCUT2D eigenvalue weighted by molar-refractivity contribution is 7.20. The molecule has 0 aliphatic rings. The van der Waals surface area contributed by atoms with Crippen LogP contribution in [0.25, 0.3) is 21.0 Å². The molecule has 6 heteroatoms. The monoisotopic (exact) mass is 453 g/mol. The van der Waals surface area contributed by atoms with Crippen molar-refractivity contribution in [3.63, 3.8) is 0 Å². The summed E-state index contributed by atoms with van der Waals surface area (Å²) >= 11 is 1.26. The maximum Gasteiger partial charge on any atom is 0.266 e. The molecule has 2 aromatic heterocycles. The van der Waals surface area contributed by atoms with Gasteiger partial charge in [-0.25, -0.2) is 4.98 Å². The molecule has 0 spiro atoms. The van der Waals surface area contributed by atoms with Crippen molar-refractivity contribution in [2.45, 2.75) is 27.2 Å². The van der Waals surface area contributed by atoms with Crippen LogP contribution in [-0.2, 0) is 6.42 Å². The molecule has 0 saturated carbocycles. The van der Waals surface area contributed by atoms with Gasteiger partial charge in [-0.3, -0.25) is 9.59 Å². The molecular formula is C27H23N3O2S. The molecule has 2 heterocycles. The zero-order valence-electron chi connectivity index (χ0n) is 18.7. The van der Waals surface area contributed by atoms with Crippen LogP contribution in [0.2, 0.25) is 0 Å². The Kier molecular flexibility index (Phi) is 5.30. The van der Waals surface area contributed by atoms with E-state index in [1.807, 2.05) is 50.2 Å². The first kappa shape index (κ1) is 21.1. The van der Waals surface area contributed by atoms with Crippen molar-refractivity contribution >= 4 is 43.9 Å². The van der Waals surface area contributed by atoms with E-state index >= 15 is 0 Å². The van der Waals surface area contributed by atoms with E-state index in [9.17, 15) is 9.59 Å². The van der Waals surface area contributed by atoms with E-state index in [2.05, 4.69) is 34.6 Å². The Morgan fingerprint density at radius 3 is 2.64 bits per heavy atom. The SMILES string of the molecule is Cc1ccc(NC(=O)c2sc3nc(Cc4cccc5ccccc45)[nH]c(=O)c3c2C)c(C)c1. The molecule has 0 bridgehead atoms. The van der Waals surface area contributed by atoms with E-state index in [0.29, 0.717) is 32.9 Å². The molecule has 0 atom stereocenters. The van der Waals surface area contributed by atoms with E-state index in [0.717, 1.165) is 33.2 Å². The Labute approximate surface area is 195 Å². The third-order valence-corrected chi connectivity index (χ3v) is 7.11. The highest BCUT2D eigenvalue weighted by Crippen LogP contribution is 2.29. The largest absolute Gasteiger partial charge is 0.321 e. The molecule has 5 aromatic rings. The smallest absolute Gasteiger partial charge is 0.266 e. The van der Waals surface area contributed by atoms with Gasteiger partial charge >= 0.3 is 0 Å². The summed E-state index contributed by atoms with van der Waals surface area (Å²) in [4.78, 5) is 34.7. The molecule has 0 aliphatic heterocycles. The molecule has 3 aromatic carbocycles. The van der Waals surface area contributed by atoms with Crippen LogP contribution in [0.3, 0.4) is 0 Å². The second kappa shape index (κ2) is 8.30. The third kappa shape index (κ3) is 3.94. The Morgan fingerprint density at radius 1 is 1.03 bits per heavy atom. The van der Waals surface area contributed by atoms with E-state index < -0.39 is 0 Å². The summed E-state index contributed by atoms with van der Waals surface area (Å²) in [7, 11) is 0. The van der Waals surface area contributed by atoms with Crippen LogP contribution in [0.5, 0.6) is 0 Å². The fraction of sp³-hybridized carbons (Fsp3) is 0.148. The normalized spacial score (nSPS) is 11.2. The van der Waals surface area contributed by atoms with E-state index in [1.54, 1.807) is 6.92 Å². The summed E-state index contributed by atoms with van der Waals surface area (Å²) in [5.41, 5.74) is 4.43. The summed E-state index contributed by atoms with van der Waals surface area (Å²) in [6.45, 7) is 5.78. The number of rotatable bonds is 4. The van der Waals surface area contributed by atoms with Gasteiger partial charge in [-0.05, 0) is 54.3 Å². The number of hydrogen-bond acceptors (Lipinski definition) is 4. The van der Waals surface area contributed by atoms with Gasteiger partial charge in [0, 0.05) is 12.1 Å². The van der Waals surface area contributed by atoms with Crippen LogP contribution in [0.4, 0.5) is 5.69 Å². The zero-order chi connectivity index (χ0) is 23.1. The number of aromatic nitrogens is 2. The lowest BCUT2D eigenvalue weighted by molar-refractivity contribution is 0.103. The highest BCUT2D eigenvalue weighted by Gasteiger charge is 2.20. The van der Waals surface area contributed by atoms with Crippen LogP contribution < -0.4 is 10.9 Å². The topological polar surface area (TPSA) is 74.8 Å². The molecule has 0 radical (unpaired) electrons. The maximum absolute atomic E-state index is 13.0. The van der Waals surface area contributed by atoms with Gasteiger partial charge in [0.1, 0.15) is 10.7 Å². The standard InChI is InChI=1S/C27H23N3O2S/c1-15-11-12-21(16(2)13-15)28-26(32)24-17(3)23-25(31)29-22(30-27(23)33-24)14-19-9-6-8-18-7-4-5-10-20(18)19/h4-13H,14H2,1-3H3,(H,28,32)(H,29,30,31). The number of anilines is 1. The van der Waals surface area contributed by atoms with Gasteiger partial charge < -0.3 is 10.3 Å². The zero-order valence-corrected chi connectivity index (χ0v) is 19.5. The molecule has 164 valence electrons. The number of fused-ring (bicyclic) bond motifs is 2. The Morgan fingerprint density at radius 2 is 1.82 bits per heavy atom. The predicted molar refractivity (Wildman–Crippen MR) is 136 cm³/mol. The average molecular weight is 454 g/mol. The van der Waals surface area contributed by atoms with Crippen molar-refractivity contribution in [3.05, 3.63) is 104 Å². The fourth-order valence-electron chi connectivity index (χ4n) is 4.25. The minimum Gasteiger partial charge on any atom is -0.321 e. The lowest BCUT2D eigenvalue weighted by atomic mass is 10.0. The summed E-state index contributed by atoms with van der Waals surface area (Å²) in [5, 5.41) is 5.75. The number of benzene rings is 3. The van der Waals surface area contributed by atoms with Crippen molar-refractivity contribution in [3.8, 4) is 0 Å². The van der Waals surface area contributed by atoms with Crippen LogP contribution in [0.15, 0.2) is 65.5 Å². The Balaban J connectivity index is 1.51. The lowest BCUT2D eigenvalue weighted by Gasteiger charge is -2.08. The summed E-state index contributed by atoms with van der Waals surface area (Å²) in [5.74, 6) is 0.365. The second-order valence-corrected chi connectivity index (χ2v) is 9.34. The Hall–Kier alpha value is -3.77. The number of aryl methyl sites for hydroxylation is 3. The molecule has 5 rings (SSSR count). The van der Waals surface area contributed by atoms with Gasteiger partial charge in [-0.1, -0.05) is 60.2 Å². The number of hydrogen-bond donors (Lipinski definition) is 2. The van der Waals surface area contributed by atoms with E-state index in [1.165, 1.54) is 11.3 Å².